The van der Waals surface area contributed by atoms with Crippen molar-refractivity contribution < 1.29 is 14.4 Å². The lowest BCUT2D eigenvalue weighted by molar-refractivity contribution is -0.114. The van der Waals surface area contributed by atoms with E-state index in [1.807, 2.05) is 19.1 Å². The van der Waals surface area contributed by atoms with Crippen molar-refractivity contribution in [1.82, 2.24) is 0 Å². The van der Waals surface area contributed by atoms with E-state index < -0.39 is 0 Å². The number of hydrogen-bond donors (Lipinski definition) is 1. The Morgan fingerprint density at radius 2 is 1.74 bits per heavy atom. The molecule has 2 aromatic rings. The van der Waals surface area contributed by atoms with E-state index in [4.69, 9.17) is 0 Å². The highest BCUT2D eigenvalue weighted by molar-refractivity contribution is 8.14. The molecule has 0 aromatic heterocycles. The van der Waals surface area contributed by atoms with Gasteiger partial charge in [0, 0.05) is 18.1 Å². The number of rotatable bonds is 5. The molecule has 0 radical (unpaired) electrons. The lowest BCUT2D eigenvalue weighted by Crippen LogP contribution is -2.17. The van der Waals surface area contributed by atoms with Gasteiger partial charge in [-0.05, 0) is 19.1 Å². The molecule has 0 heterocycles. The molecule has 0 atom stereocenters. The number of aryl methyl sites for hydroxylation is 1. The summed E-state index contributed by atoms with van der Waals surface area (Å²) in [4.78, 5) is 35.5. The smallest absolute Gasteiger partial charge is 0.234 e. The quantitative estimate of drug-likeness (QED) is 0.855. The standard InChI is InChI=1S/C18H17NO3S/c1-12-8-9-16(19-17(21)11-23-13(2)20)15(10-12)18(22)14-6-4-3-5-7-14/h3-10H,11H2,1-2H3,(H,19,21). The number of carbonyl (C=O) groups is 3. The number of nitrogens with one attached hydrogen (secondary N) is 1. The van der Waals surface area contributed by atoms with Crippen LogP contribution in [0, 0.1) is 6.92 Å². The van der Waals surface area contributed by atoms with E-state index in [0.29, 0.717) is 16.8 Å². The minimum atomic E-state index is -0.309. The van der Waals surface area contributed by atoms with E-state index in [9.17, 15) is 14.4 Å². The number of anilines is 1. The van der Waals surface area contributed by atoms with Gasteiger partial charge in [-0.25, -0.2) is 0 Å². The third kappa shape index (κ3) is 4.79. The van der Waals surface area contributed by atoms with E-state index in [0.717, 1.165) is 17.3 Å². The molecule has 0 bridgehead atoms. The minimum Gasteiger partial charge on any atom is -0.325 e. The van der Waals surface area contributed by atoms with Crippen LogP contribution >= 0.6 is 11.8 Å². The lowest BCUT2D eigenvalue weighted by Gasteiger charge is -2.11. The van der Waals surface area contributed by atoms with Gasteiger partial charge in [-0.15, -0.1) is 0 Å². The van der Waals surface area contributed by atoms with Gasteiger partial charge < -0.3 is 5.32 Å². The average Bonchev–Trinajstić information content (AvgIpc) is 2.54. The zero-order chi connectivity index (χ0) is 16.8. The summed E-state index contributed by atoms with van der Waals surface area (Å²) in [5.74, 6) is -0.428. The van der Waals surface area contributed by atoms with Gasteiger partial charge in [0.25, 0.3) is 0 Å². The molecule has 23 heavy (non-hydrogen) atoms. The molecule has 0 spiro atoms. The number of ketones is 1. The van der Waals surface area contributed by atoms with Crippen LogP contribution in [0.5, 0.6) is 0 Å². The second kappa shape index (κ2) is 7.74. The third-order valence-electron chi connectivity index (χ3n) is 3.14. The van der Waals surface area contributed by atoms with Crippen LogP contribution in [0.3, 0.4) is 0 Å². The summed E-state index contributed by atoms with van der Waals surface area (Å²) in [6, 6.07) is 14.2. The maximum absolute atomic E-state index is 12.7. The Morgan fingerprint density at radius 1 is 1.04 bits per heavy atom. The van der Waals surface area contributed by atoms with Gasteiger partial charge in [-0.2, -0.15) is 0 Å². The second-order valence-corrected chi connectivity index (χ2v) is 6.22. The maximum atomic E-state index is 12.7. The van der Waals surface area contributed by atoms with Gasteiger partial charge in [0.05, 0.1) is 11.4 Å². The summed E-state index contributed by atoms with van der Waals surface area (Å²) in [5, 5.41) is 2.59. The first-order valence-corrected chi connectivity index (χ1v) is 8.09. The van der Waals surface area contributed by atoms with Crippen LogP contribution in [-0.2, 0) is 9.59 Å². The molecule has 2 aromatic carbocycles. The SMILES string of the molecule is CC(=O)SCC(=O)Nc1ccc(C)cc1C(=O)c1ccccc1. The molecule has 4 nitrogen and oxygen atoms in total. The molecule has 0 saturated heterocycles. The fourth-order valence-corrected chi connectivity index (χ4v) is 2.46. The topological polar surface area (TPSA) is 63.2 Å². The fourth-order valence-electron chi connectivity index (χ4n) is 2.05. The summed E-state index contributed by atoms with van der Waals surface area (Å²) in [6.07, 6.45) is 0. The molecule has 1 amide bonds. The van der Waals surface area contributed by atoms with Crippen LogP contribution in [-0.4, -0.2) is 22.6 Å². The predicted molar refractivity (Wildman–Crippen MR) is 92.8 cm³/mol. The molecule has 1 N–H and O–H groups in total. The van der Waals surface area contributed by atoms with Crippen molar-refractivity contribution in [2.24, 2.45) is 0 Å². The monoisotopic (exact) mass is 327 g/mol. The molecule has 0 saturated carbocycles. The normalized spacial score (nSPS) is 10.2. The first-order valence-electron chi connectivity index (χ1n) is 7.11. The van der Waals surface area contributed by atoms with Crippen LogP contribution in [0.4, 0.5) is 5.69 Å². The van der Waals surface area contributed by atoms with Crippen LogP contribution in [0.2, 0.25) is 0 Å². The summed E-state index contributed by atoms with van der Waals surface area (Å²) < 4.78 is 0. The summed E-state index contributed by atoms with van der Waals surface area (Å²) in [5.41, 5.74) is 2.39. The minimum absolute atomic E-state index is 0.0299. The van der Waals surface area contributed by atoms with Crippen LogP contribution in [0.15, 0.2) is 48.5 Å². The van der Waals surface area contributed by atoms with Crippen LogP contribution in [0.1, 0.15) is 28.4 Å². The van der Waals surface area contributed by atoms with E-state index in [1.54, 1.807) is 36.4 Å². The van der Waals surface area contributed by atoms with Crippen molar-refractivity contribution in [3.8, 4) is 0 Å². The van der Waals surface area contributed by atoms with Crippen molar-refractivity contribution in [3.05, 3.63) is 65.2 Å². The van der Waals surface area contributed by atoms with Crippen LogP contribution < -0.4 is 5.32 Å². The molecule has 0 aliphatic carbocycles. The van der Waals surface area contributed by atoms with Crippen molar-refractivity contribution in [2.45, 2.75) is 13.8 Å². The first-order chi connectivity index (χ1) is 11.0. The fraction of sp³-hybridized carbons (Fsp3) is 0.167. The molecule has 0 unspecified atom stereocenters. The molecule has 5 heteroatoms. The number of carbonyl (C=O) groups excluding carboxylic acids is 3. The largest absolute Gasteiger partial charge is 0.325 e. The van der Waals surface area contributed by atoms with Gasteiger partial charge in [-0.3, -0.25) is 14.4 Å². The number of thioether (sulfide) groups is 1. The third-order valence-corrected chi connectivity index (χ3v) is 3.95. The van der Waals surface area contributed by atoms with E-state index in [-0.39, 0.29) is 22.6 Å². The van der Waals surface area contributed by atoms with Crippen molar-refractivity contribution in [2.75, 3.05) is 11.1 Å². The molecular formula is C18H17NO3S. The van der Waals surface area contributed by atoms with Crippen molar-refractivity contribution in [3.63, 3.8) is 0 Å². The van der Waals surface area contributed by atoms with Crippen molar-refractivity contribution >= 4 is 34.3 Å². The van der Waals surface area contributed by atoms with E-state index >= 15 is 0 Å². The predicted octanol–water partition coefficient (Wildman–Crippen LogP) is 3.44. The first kappa shape index (κ1) is 17.0. The summed E-state index contributed by atoms with van der Waals surface area (Å²) in [6.45, 7) is 3.30. The molecular weight excluding hydrogens is 310 g/mol. The lowest BCUT2D eigenvalue weighted by atomic mass is 10.00. The summed E-state index contributed by atoms with van der Waals surface area (Å²) in [7, 11) is 0. The Labute approximate surface area is 139 Å². The zero-order valence-corrected chi connectivity index (χ0v) is 13.8. The van der Waals surface area contributed by atoms with Crippen molar-refractivity contribution in [1.29, 1.82) is 0 Å². The number of hydrogen-bond acceptors (Lipinski definition) is 4. The van der Waals surface area contributed by atoms with Gasteiger partial charge >= 0.3 is 0 Å². The zero-order valence-electron chi connectivity index (χ0n) is 13.0. The molecule has 0 aliphatic rings. The Kier molecular flexibility index (Phi) is 5.71. The van der Waals surface area contributed by atoms with Crippen LogP contribution in [0.25, 0.3) is 0 Å². The Balaban J connectivity index is 2.26. The van der Waals surface area contributed by atoms with Gasteiger partial charge in [0.2, 0.25) is 5.91 Å². The Morgan fingerprint density at radius 3 is 2.39 bits per heavy atom. The number of benzene rings is 2. The highest BCUT2D eigenvalue weighted by Gasteiger charge is 2.15. The molecule has 0 aliphatic heterocycles. The summed E-state index contributed by atoms with van der Waals surface area (Å²) >= 11 is 0.937. The van der Waals surface area contributed by atoms with Gasteiger partial charge in [0.15, 0.2) is 10.9 Å². The number of amides is 1. The van der Waals surface area contributed by atoms with E-state index in [1.165, 1.54) is 6.92 Å². The second-order valence-electron chi connectivity index (χ2n) is 5.07. The average molecular weight is 327 g/mol. The highest BCUT2D eigenvalue weighted by Crippen LogP contribution is 2.21. The van der Waals surface area contributed by atoms with Gasteiger partial charge in [-0.1, -0.05) is 53.7 Å². The highest BCUT2D eigenvalue weighted by atomic mass is 32.2. The molecule has 2 rings (SSSR count). The Hall–Kier alpha value is -2.40. The van der Waals surface area contributed by atoms with E-state index in [2.05, 4.69) is 5.32 Å². The maximum Gasteiger partial charge on any atom is 0.234 e. The molecule has 0 fully saturated rings. The van der Waals surface area contributed by atoms with Gasteiger partial charge in [0.1, 0.15) is 0 Å². The Bertz CT molecular complexity index is 741. The molecule has 118 valence electrons.